The third kappa shape index (κ3) is 5.78. The van der Waals surface area contributed by atoms with Crippen LogP contribution in [0.15, 0.2) is 82.9 Å². The first-order valence-corrected chi connectivity index (χ1v) is 14.0. The van der Waals surface area contributed by atoms with E-state index in [1.54, 1.807) is 48.7 Å². The number of rotatable bonds is 4. The molecule has 1 aromatic heterocycles. The van der Waals surface area contributed by atoms with Gasteiger partial charge in [0.1, 0.15) is 11.5 Å². The maximum Gasteiger partial charge on any atom is 0.331 e. The van der Waals surface area contributed by atoms with Crippen LogP contribution < -0.4 is 16.4 Å². The molecule has 1 saturated heterocycles. The third-order valence-electron chi connectivity index (χ3n) is 7.27. The summed E-state index contributed by atoms with van der Waals surface area (Å²) in [5.41, 5.74) is 11.3. The molecule has 1 fully saturated rings. The van der Waals surface area contributed by atoms with E-state index in [1.807, 2.05) is 28.4 Å². The van der Waals surface area contributed by atoms with Crippen molar-refractivity contribution < 1.29 is 14.5 Å². The summed E-state index contributed by atoms with van der Waals surface area (Å²) in [6.07, 6.45) is 1.74. The largest absolute Gasteiger partial charge is 0.369 e. The van der Waals surface area contributed by atoms with Crippen molar-refractivity contribution in [2.75, 3.05) is 19.6 Å². The Morgan fingerprint density at radius 2 is 1.93 bits per heavy atom. The normalized spacial score (nSPS) is 16.7. The zero-order valence-electron chi connectivity index (χ0n) is 22.9. The summed E-state index contributed by atoms with van der Waals surface area (Å²) in [7, 11) is 0. The molecule has 0 radical (unpaired) electrons. The maximum atomic E-state index is 14.8. The van der Waals surface area contributed by atoms with Crippen LogP contribution in [0.5, 0.6) is 0 Å². The van der Waals surface area contributed by atoms with Gasteiger partial charge in [-0.2, -0.15) is 15.0 Å². The fraction of sp³-hybridized carbons (Fsp3) is 0.194. The van der Waals surface area contributed by atoms with Crippen molar-refractivity contribution in [1.82, 2.24) is 20.2 Å². The van der Waals surface area contributed by atoms with E-state index >= 15 is 0 Å². The number of aromatic nitrogens is 2. The van der Waals surface area contributed by atoms with E-state index in [0.717, 1.165) is 23.4 Å². The van der Waals surface area contributed by atoms with Gasteiger partial charge in [0.25, 0.3) is 5.91 Å². The van der Waals surface area contributed by atoms with Crippen LogP contribution in [-0.4, -0.2) is 58.1 Å². The Morgan fingerprint density at radius 3 is 2.71 bits per heavy atom. The predicted octanol–water partition coefficient (Wildman–Crippen LogP) is 3.56. The number of carbonyl (C=O) groups is 1. The second-order valence-corrected chi connectivity index (χ2v) is 10.7. The van der Waals surface area contributed by atoms with E-state index in [1.165, 1.54) is 6.07 Å². The first-order chi connectivity index (χ1) is 20.4. The molecule has 42 heavy (non-hydrogen) atoms. The fourth-order valence-corrected chi connectivity index (χ4v) is 5.31. The van der Waals surface area contributed by atoms with E-state index in [0.29, 0.717) is 58.7 Å². The lowest BCUT2D eigenvalue weighted by atomic mass is 9.95. The van der Waals surface area contributed by atoms with Gasteiger partial charge in [-0.15, -0.1) is 0 Å². The molecule has 2 aliphatic heterocycles. The van der Waals surface area contributed by atoms with Gasteiger partial charge in [-0.1, -0.05) is 29.8 Å². The number of carbonyl (C=O) groups excluding carboxylic acids is 1. The lowest BCUT2D eigenvalue weighted by molar-refractivity contribution is -0.487. The Bertz CT molecular complexity index is 1720. The zero-order valence-corrected chi connectivity index (χ0v) is 23.6. The number of aliphatic imine (C=N–C) groups is 2. The lowest BCUT2D eigenvalue weighted by Crippen LogP contribution is -2.72. The van der Waals surface area contributed by atoms with Crippen LogP contribution in [0.2, 0.25) is 5.02 Å². The van der Waals surface area contributed by atoms with E-state index in [9.17, 15) is 9.18 Å². The van der Waals surface area contributed by atoms with E-state index < -0.39 is 5.91 Å². The number of piperazine rings is 1. The molecule has 0 spiro atoms. The van der Waals surface area contributed by atoms with Crippen molar-refractivity contribution in [3.05, 3.63) is 106 Å². The van der Waals surface area contributed by atoms with E-state index in [-0.39, 0.29) is 17.8 Å². The molecule has 0 aliphatic carbocycles. The van der Waals surface area contributed by atoms with Gasteiger partial charge in [0.2, 0.25) is 0 Å². The molecule has 212 valence electrons. The number of hydrogen-bond donors (Lipinski definition) is 3. The van der Waals surface area contributed by atoms with Gasteiger partial charge in [0.15, 0.2) is 5.96 Å². The van der Waals surface area contributed by atoms with Crippen LogP contribution in [0.3, 0.4) is 0 Å². The molecular formula is C31H29ClFN8O+. The highest BCUT2D eigenvalue weighted by Crippen LogP contribution is 2.33. The Morgan fingerprint density at radius 1 is 1.12 bits per heavy atom. The number of nitrogens with zero attached hydrogens (tertiary/aromatic N) is 5. The topological polar surface area (TPSA) is 125 Å². The molecular weight excluding hydrogens is 555 g/mol. The summed E-state index contributed by atoms with van der Waals surface area (Å²) in [6.45, 7) is 4.55. The minimum absolute atomic E-state index is 0.228. The zero-order chi connectivity index (χ0) is 29.2. The minimum atomic E-state index is -0.396. The molecule has 1 unspecified atom stereocenters. The molecule has 3 aromatic carbocycles. The highest BCUT2D eigenvalue weighted by Gasteiger charge is 2.24. The summed E-state index contributed by atoms with van der Waals surface area (Å²) >= 11 is 6.36. The Labute approximate surface area is 247 Å². The number of nitrogens with two attached hydrogens (primary N) is 2. The quantitative estimate of drug-likeness (QED) is 0.192. The second-order valence-electron chi connectivity index (χ2n) is 10.3. The molecule has 6 rings (SSSR count). The Balaban J connectivity index is 1.24. The summed E-state index contributed by atoms with van der Waals surface area (Å²) < 4.78 is 14.8. The van der Waals surface area contributed by atoms with Gasteiger partial charge < -0.3 is 16.0 Å². The second kappa shape index (κ2) is 11.8. The predicted molar refractivity (Wildman–Crippen MR) is 161 cm³/mol. The Kier molecular flexibility index (Phi) is 7.75. The van der Waals surface area contributed by atoms with Gasteiger partial charge in [-0.25, -0.2) is 9.71 Å². The third-order valence-corrected chi connectivity index (χ3v) is 7.51. The average molecular weight is 584 g/mol. The number of nitrogens with one attached hydrogen (secondary N) is 1. The van der Waals surface area contributed by atoms with Gasteiger partial charge in [0, 0.05) is 76.8 Å². The first-order valence-electron chi connectivity index (χ1n) is 13.6. The van der Waals surface area contributed by atoms with E-state index in [2.05, 4.69) is 22.2 Å². The summed E-state index contributed by atoms with van der Waals surface area (Å²) in [6, 6.07) is 19.3. The van der Waals surface area contributed by atoms with Crippen molar-refractivity contribution >= 4 is 40.8 Å². The maximum absolute atomic E-state index is 14.8. The van der Waals surface area contributed by atoms with Crippen LogP contribution in [0.1, 0.15) is 34.0 Å². The Hall–Kier alpha value is -4.51. The van der Waals surface area contributed by atoms with Crippen molar-refractivity contribution in [3.63, 3.8) is 0 Å². The van der Waals surface area contributed by atoms with Gasteiger partial charge in [0.05, 0.1) is 18.0 Å². The van der Waals surface area contributed by atoms with Crippen molar-refractivity contribution in [2.24, 2.45) is 15.7 Å². The monoisotopic (exact) mass is 583 g/mol. The standard InChI is InChI=1S/C31H28ClFN8O/c1-18-17-41(13-12-35-18)30(34)40-29(42)19-6-9-22(10-7-19)38-31-37-16-20-15-36-28(24-4-2-3-5-26(24)33)25-14-21(32)8-11-23(25)27(20)39-31/h2-11,14,16,18,35H,12-13,15,17H2,1H3,(H2,34,40,42)(H,37,38,39)/p+1. The smallest absolute Gasteiger partial charge is 0.331 e. The number of hydrogen-bond acceptors (Lipinski definition) is 5. The summed E-state index contributed by atoms with van der Waals surface area (Å²) in [5, 5.41) is 5.69. The molecule has 11 heteroatoms. The van der Waals surface area contributed by atoms with E-state index in [4.69, 9.17) is 27.3 Å². The number of benzene rings is 3. The molecule has 0 bridgehead atoms. The number of guanidine groups is 1. The highest BCUT2D eigenvalue weighted by atomic mass is 35.5. The lowest BCUT2D eigenvalue weighted by Gasteiger charge is -2.32. The van der Waals surface area contributed by atoms with Crippen molar-refractivity contribution in [2.45, 2.75) is 19.5 Å². The number of halogens is 2. The minimum Gasteiger partial charge on any atom is -0.369 e. The van der Waals surface area contributed by atoms with Crippen LogP contribution in [0.4, 0.5) is 16.0 Å². The SMILES string of the molecule is CC1CN(C(N)=NC(=O)c2ccc([NH2+]c3ncc4c(n3)-c3ccc(Cl)cc3C(c3ccccc3F)=NC4)cc2)CCN1. The average Bonchev–Trinajstić information content (AvgIpc) is 3.14. The van der Waals surface area contributed by atoms with Crippen LogP contribution in [0, 0.1) is 5.82 Å². The molecule has 1 atom stereocenters. The molecule has 2 aliphatic rings. The summed E-state index contributed by atoms with van der Waals surface area (Å²) in [5.74, 6) is -0.0429. The van der Waals surface area contributed by atoms with Crippen LogP contribution >= 0.6 is 11.6 Å². The number of quaternary nitrogens is 1. The number of fused-ring (bicyclic) bond motifs is 3. The molecule has 4 aromatic rings. The van der Waals surface area contributed by atoms with Crippen LogP contribution in [-0.2, 0) is 6.54 Å². The van der Waals surface area contributed by atoms with Crippen molar-refractivity contribution in [1.29, 1.82) is 0 Å². The molecule has 5 N–H and O–H groups in total. The molecule has 1 amide bonds. The summed E-state index contributed by atoms with van der Waals surface area (Å²) in [4.78, 5) is 32.9. The fourth-order valence-electron chi connectivity index (χ4n) is 5.14. The van der Waals surface area contributed by atoms with Gasteiger partial charge in [-0.3, -0.25) is 9.79 Å². The van der Waals surface area contributed by atoms with Crippen molar-refractivity contribution in [3.8, 4) is 11.3 Å². The molecule has 3 heterocycles. The van der Waals surface area contributed by atoms with Gasteiger partial charge >= 0.3 is 5.95 Å². The highest BCUT2D eigenvalue weighted by molar-refractivity contribution is 6.31. The van der Waals surface area contributed by atoms with Crippen LogP contribution in [0.25, 0.3) is 11.3 Å². The molecule has 0 saturated carbocycles. The molecule has 9 nitrogen and oxygen atoms in total. The first kappa shape index (κ1) is 27.6. The van der Waals surface area contributed by atoms with Gasteiger partial charge in [-0.05, 0) is 43.3 Å². The number of amides is 1.